The average Bonchev–Trinajstić information content (AvgIpc) is 3.22. The van der Waals surface area contributed by atoms with Crippen molar-refractivity contribution in [3.63, 3.8) is 0 Å². The van der Waals surface area contributed by atoms with Gasteiger partial charge >= 0.3 is 0 Å². The maximum absolute atomic E-state index is 13.7. The number of aromatic nitrogens is 1. The van der Waals surface area contributed by atoms with Gasteiger partial charge in [-0.25, -0.2) is 13.8 Å². The van der Waals surface area contributed by atoms with Gasteiger partial charge in [-0.15, -0.1) is 0 Å². The van der Waals surface area contributed by atoms with Crippen LogP contribution in [-0.2, 0) is 22.6 Å². The summed E-state index contributed by atoms with van der Waals surface area (Å²) in [7, 11) is 0. The highest BCUT2D eigenvalue weighted by Gasteiger charge is 2.33. The Balaban J connectivity index is 1.72. The number of nitrogens with one attached hydrogen (secondary N) is 2. The molecule has 33 heavy (non-hydrogen) atoms. The second-order valence-electron chi connectivity index (χ2n) is 8.87. The van der Waals surface area contributed by atoms with Crippen LogP contribution in [0.5, 0.6) is 0 Å². The molecule has 1 saturated heterocycles. The number of carbonyl (C=O) groups excluding carboxylic acids is 2. The lowest BCUT2D eigenvalue weighted by Gasteiger charge is -2.27. The fourth-order valence-electron chi connectivity index (χ4n) is 4.04. The van der Waals surface area contributed by atoms with Gasteiger partial charge in [0.05, 0.1) is 6.04 Å². The molecule has 3 rings (SSSR count). The molecule has 7 nitrogen and oxygen atoms in total. The third kappa shape index (κ3) is 6.95. The normalized spacial score (nSPS) is 17.2. The number of pyridine rings is 1. The van der Waals surface area contributed by atoms with E-state index in [-0.39, 0.29) is 24.9 Å². The second kappa shape index (κ2) is 11.2. The van der Waals surface area contributed by atoms with Gasteiger partial charge in [0.1, 0.15) is 11.9 Å². The van der Waals surface area contributed by atoms with Crippen molar-refractivity contribution in [1.82, 2.24) is 20.5 Å². The number of halogens is 2. The number of amides is 2. The number of nitrogens with two attached hydrogens (primary N) is 1. The first-order chi connectivity index (χ1) is 15.7. The van der Waals surface area contributed by atoms with Gasteiger partial charge in [-0.3, -0.25) is 14.5 Å². The van der Waals surface area contributed by atoms with Crippen LogP contribution in [0, 0.1) is 17.6 Å². The molecule has 0 saturated carbocycles. The summed E-state index contributed by atoms with van der Waals surface area (Å²) < 4.78 is 27.1. The molecule has 0 spiro atoms. The zero-order chi connectivity index (χ0) is 24.0. The minimum atomic E-state index is -0.996. The van der Waals surface area contributed by atoms with Crippen LogP contribution in [-0.4, -0.2) is 46.9 Å². The molecule has 2 heterocycles. The lowest BCUT2D eigenvalue weighted by atomic mass is 10.0. The summed E-state index contributed by atoms with van der Waals surface area (Å²) in [4.78, 5) is 32.2. The van der Waals surface area contributed by atoms with E-state index in [9.17, 15) is 18.4 Å². The van der Waals surface area contributed by atoms with E-state index < -0.39 is 23.6 Å². The minimum absolute atomic E-state index is 0.0334. The van der Waals surface area contributed by atoms with E-state index in [1.807, 2.05) is 0 Å². The van der Waals surface area contributed by atoms with Gasteiger partial charge in [0, 0.05) is 25.7 Å². The van der Waals surface area contributed by atoms with E-state index in [2.05, 4.69) is 34.4 Å². The first kappa shape index (κ1) is 24.6. The number of carbonyl (C=O) groups is 2. The van der Waals surface area contributed by atoms with Crippen LogP contribution in [0.4, 0.5) is 14.6 Å². The van der Waals surface area contributed by atoms with Crippen LogP contribution in [0.15, 0.2) is 36.5 Å². The molecule has 0 radical (unpaired) electrons. The Kier molecular flexibility index (Phi) is 8.32. The maximum atomic E-state index is 13.7. The molecular formula is C24H31F2N5O2. The molecule has 1 fully saturated rings. The zero-order valence-corrected chi connectivity index (χ0v) is 19.0. The van der Waals surface area contributed by atoms with Gasteiger partial charge in [0.25, 0.3) is 0 Å². The quantitative estimate of drug-likeness (QED) is 0.535. The number of hydrogen-bond acceptors (Lipinski definition) is 5. The number of benzene rings is 1. The molecule has 1 aromatic heterocycles. The van der Waals surface area contributed by atoms with Gasteiger partial charge in [0.2, 0.25) is 11.8 Å². The first-order valence-corrected chi connectivity index (χ1v) is 11.2. The summed E-state index contributed by atoms with van der Waals surface area (Å²) in [5.41, 5.74) is 6.74. The van der Waals surface area contributed by atoms with E-state index in [0.29, 0.717) is 17.3 Å². The highest BCUT2D eigenvalue weighted by atomic mass is 19.2. The summed E-state index contributed by atoms with van der Waals surface area (Å²) in [5, 5.41) is 5.63. The standard InChI is InChI=1S/C24H31F2N5O2/c1-15(2)14-31-9-3-4-21(31)24(33)30-20(11-16-5-7-18(25)19(26)10-16)23(32)29-13-17-6-8-22(27)28-12-17/h5-8,10,12,15,20-21H,3-4,9,11,13-14H2,1-2H3,(H2,27,28)(H,29,32)(H,30,33)/t20-,21?/m0/s1. The predicted octanol–water partition coefficient (Wildman–Crippen LogP) is 2.41. The van der Waals surface area contributed by atoms with Crippen LogP contribution < -0.4 is 16.4 Å². The molecule has 1 aromatic carbocycles. The maximum Gasteiger partial charge on any atom is 0.243 e. The van der Waals surface area contributed by atoms with Crippen molar-refractivity contribution >= 4 is 17.6 Å². The van der Waals surface area contributed by atoms with E-state index in [1.165, 1.54) is 6.07 Å². The highest BCUT2D eigenvalue weighted by molar-refractivity contribution is 5.90. The van der Waals surface area contributed by atoms with E-state index in [1.54, 1.807) is 18.3 Å². The average molecular weight is 460 g/mol. The second-order valence-corrected chi connectivity index (χ2v) is 8.87. The Labute approximate surface area is 192 Å². The fourth-order valence-corrected chi connectivity index (χ4v) is 4.04. The Bertz CT molecular complexity index is 968. The smallest absolute Gasteiger partial charge is 0.243 e. The minimum Gasteiger partial charge on any atom is -0.384 e. The van der Waals surface area contributed by atoms with Crippen LogP contribution >= 0.6 is 0 Å². The van der Waals surface area contributed by atoms with E-state index >= 15 is 0 Å². The van der Waals surface area contributed by atoms with Crippen molar-refractivity contribution in [2.24, 2.45) is 5.92 Å². The van der Waals surface area contributed by atoms with Crippen molar-refractivity contribution in [2.45, 2.75) is 51.7 Å². The van der Waals surface area contributed by atoms with Crippen LogP contribution in [0.3, 0.4) is 0 Å². The summed E-state index contributed by atoms with van der Waals surface area (Å²) in [6.45, 7) is 6.01. The summed E-state index contributed by atoms with van der Waals surface area (Å²) in [6, 6.07) is 5.60. The largest absolute Gasteiger partial charge is 0.384 e. The summed E-state index contributed by atoms with van der Waals surface area (Å²) in [6.07, 6.45) is 3.22. The molecule has 2 atom stereocenters. The zero-order valence-electron chi connectivity index (χ0n) is 19.0. The Hall–Kier alpha value is -3.07. The lowest BCUT2D eigenvalue weighted by Crippen LogP contribution is -2.53. The van der Waals surface area contributed by atoms with Gasteiger partial charge in [-0.05, 0) is 54.6 Å². The molecule has 9 heteroatoms. The van der Waals surface area contributed by atoms with E-state index in [0.717, 1.165) is 43.6 Å². The molecule has 0 aliphatic carbocycles. The number of nitrogen functional groups attached to an aromatic ring is 1. The molecular weight excluding hydrogens is 428 g/mol. The number of likely N-dealkylation sites (tertiary alicyclic amines) is 1. The lowest BCUT2D eigenvalue weighted by molar-refractivity contribution is -0.131. The highest BCUT2D eigenvalue weighted by Crippen LogP contribution is 2.19. The Morgan fingerprint density at radius 1 is 1.18 bits per heavy atom. The molecule has 4 N–H and O–H groups in total. The molecule has 178 valence electrons. The summed E-state index contributed by atoms with van der Waals surface area (Å²) >= 11 is 0. The SMILES string of the molecule is CC(C)CN1CCCC1C(=O)N[C@@H](Cc1ccc(F)c(F)c1)C(=O)NCc1ccc(N)nc1. The Morgan fingerprint density at radius 3 is 2.61 bits per heavy atom. The van der Waals surface area contributed by atoms with E-state index in [4.69, 9.17) is 5.73 Å². The molecule has 1 aliphatic heterocycles. The Morgan fingerprint density at radius 2 is 1.94 bits per heavy atom. The van der Waals surface area contributed by atoms with Crippen LogP contribution in [0.25, 0.3) is 0 Å². The number of nitrogens with zero attached hydrogens (tertiary/aromatic N) is 2. The van der Waals surface area contributed by atoms with Crippen LogP contribution in [0.1, 0.15) is 37.8 Å². The molecule has 1 aliphatic rings. The van der Waals surface area contributed by atoms with Gasteiger partial charge in [-0.2, -0.15) is 0 Å². The number of anilines is 1. The van der Waals surface area contributed by atoms with Crippen LogP contribution in [0.2, 0.25) is 0 Å². The third-order valence-corrected chi connectivity index (χ3v) is 5.64. The van der Waals surface area contributed by atoms with Gasteiger partial charge in [0.15, 0.2) is 11.6 Å². The van der Waals surface area contributed by atoms with Crippen molar-refractivity contribution in [3.8, 4) is 0 Å². The predicted molar refractivity (Wildman–Crippen MR) is 122 cm³/mol. The van der Waals surface area contributed by atoms with Crippen molar-refractivity contribution in [3.05, 3.63) is 59.3 Å². The topological polar surface area (TPSA) is 100 Å². The van der Waals surface area contributed by atoms with Gasteiger partial charge in [-0.1, -0.05) is 26.0 Å². The fraction of sp³-hybridized carbons (Fsp3) is 0.458. The number of hydrogen-bond donors (Lipinski definition) is 3. The molecule has 2 aromatic rings. The summed E-state index contributed by atoms with van der Waals surface area (Å²) in [5.74, 6) is -1.83. The van der Waals surface area contributed by atoms with Gasteiger partial charge < -0.3 is 16.4 Å². The number of rotatable bonds is 9. The molecule has 0 bridgehead atoms. The monoisotopic (exact) mass is 459 g/mol. The molecule has 2 amide bonds. The van der Waals surface area contributed by atoms with Crippen molar-refractivity contribution in [1.29, 1.82) is 0 Å². The van der Waals surface area contributed by atoms with Crippen molar-refractivity contribution in [2.75, 3.05) is 18.8 Å². The molecule has 1 unspecified atom stereocenters. The first-order valence-electron chi connectivity index (χ1n) is 11.2. The third-order valence-electron chi connectivity index (χ3n) is 5.64. The van der Waals surface area contributed by atoms with Crippen molar-refractivity contribution < 1.29 is 18.4 Å².